The number of hydroxylamine groups is 1. The van der Waals surface area contributed by atoms with E-state index in [1.54, 1.807) is 0 Å². The predicted octanol–water partition coefficient (Wildman–Crippen LogP) is 3.38. The van der Waals surface area contributed by atoms with Crippen molar-refractivity contribution in [3.8, 4) is 0 Å². The smallest absolute Gasteiger partial charge is 0.0654 e. The highest BCUT2D eigenvalue weighted by Crippen LogP contribution is 2.09. The summed E-state index contributed by atoms with van der Waals surface area (Å²) in [5.41, 5.74) is 5.82. The van der Waals surface area contributed by atoms with Crippen molar-refractivity contribution in [2.24, 2.45) is 0 Å². The van der Waals surface area contributed by atoms with Gasteiger partial charge in [0.15, 0.2) is 0 Å². The van der Waals surface area contributed by atoms with Gasteiger partial charge in [0.25, 0.3) is 0 Å². The fourth-order valence-electron chi connectivity index (χ4n) is 2.15. The Hall–Kier alpha value is -1.64. The molecule has 0 aliphatic carbocycles. The lowest BCUT2D eigenvalue weighted by Crippen LogP contribution is -2.33. The molecule has 2 aromatic rings. The van der Waals surface area contributed by atoms with Gasteiger partial charge in [0.2, 0.25) is 0 Å². The van der Waals surface area contributed by atoms with E-state index in [9.17, 15) is 0 Å². The Morgan fingerprint density at radius 3 is 1.74 bits per heavy atom. The van der Waals surface area contributed by atoms with E-state index >= 15 is 0 Å². The van der Waals surface area contributed by atoms with Gasteiger partial charge in [-0.25, -0.2) is 0 Å². The first-order valence-electron chi connectivity index (χ1n) is 6.83. The maximum absolute atomic E-state index is 5.39. The van der Waals surface area contributed by atoms with Gasteiger partial charge in [-0.1, -0.05) is 60.7 Å². The Morgan fingerprint density at radius 2 is 1.32 bits per heavy atom. The summed E-state index contributed by atoms with van der Waals surface area (Å²) in [4.78, 5) is 5.39. The third kappa shape index (κ3) is 4.86. The molecule has 19 heavy (non-hydrogen) atoms. The second kappa shape index (κ2) is 7.72. The molecule has 2 rings (SSSR count). The zero-order valence-electron chi connectivity index (χ0n) is 11.4. The van der Waals surface area contributed by atoms with Crippen molar-refractivity contribution in [1.82, 2.24) is 5.48 Å². The molecule has 0 saturated heterocycles. The molecule has 0 bridgehead atoms. The van der Waals surface area contributed by atoms with Crippen molar-refractivity contribution in [1.29, 1.82) is 0 Å². The van der Waals surface area contributed by atoms with Gasteiger partial charge in [0.05, 0.1) is 6.61 Å². The number of rotatable bonds is 7. The quantitative estimate of drug-likeness (QED) is 0.766. The monoisotopic (exact) mass is 255 g/mol. The van der Waals surface area contributed by atoms with Crippen molar-refractivity contribution in [3.05, 3.63) is 71.8 Å². The van der Waals surface area contributed by atoms with Crippen molar-refractivity contribution < 1.29 is 4.84 Å². The average Bonchev–Trinajstić information content (AvgIpc) is 2.47. The third-order valence-electron chi connectivity index (χ3n) is 3.04. The third-order valence-corrected chi connectivity index (χ3v) is 3.04. The molecule has 0 saturated carbocycles. The topological polar surface area (TPSA) is 21.3 Å². The number of benzene rings is 2. The van der Waals surface area contributed by atoms with Crippen molar-refractivity contribution in [2.45, 2.75) is 25.8 Å². The molecule has 2 heteroatoms. The van der Waals surface area contributed by atoms with E-state index in [0.717, 1.165) is 12.8 Å². The molecule has 0 spiro atoms. The summed E-state index contributed by atoms with van der Waals surface area (Å²) in [6, 6.07) is 21.3. The van der Waals surface area contributed by atoms with E-state index in [0.29, 0.717) is 12.6 Å². The Morgan fingerprint density at radius 1 is 0.842 bits per heavy atom. The molecule has 1 N–H and O–H groups in total. The van der Waals surface area contributed by atoms with Crippen LogP contribution in [0, 0.1) is 0 Å². The van der Waals surface area contributed by atoms with E-state index in [4.69, 9.17) is 4.84 Å². The second-order valence-corrected chi connectivity index (χ2v) is 4.63. The standard InChI is InChI=1S/C17H21NO/c1-2-19-18-17(13-15-9-5-3-6-10-15)14-16-11-7-4-8-12-16/h3-12,17-18H,2,13-14H2,1H3. The zero-order valence-corrected chi connectivity index (χ0v) is 11.4. The van der Waals surface area contributed by atoms with Crippen LogP contribution in [0.3, 0.4) is 0 Å². The maximum atomic E-state index is 5.39. The lowest BCUT2D eigenvalue weighted by Gasteiger charge is -2.18. The molecule has 0 aliphatic heterocycles. The molecular weight excluding hydrogens is 234 g/mol. The lowest BCUT2D eigenvalue weighted by atomic mass is 10.00. The molecule has 0 aromatic heterocycles. The van der Waals surface area contributed by atoms with Crippen LogP contribution in [0.25, 0.3) is 0 Å². The molecule has 2 aromatic carbocycles. The van der Waals surface area contributed by atoms with E-state index in [-0.39, 0.29) is 0 Å². The van der Waals surface area contributed by atoms with Crippen molar-refractivity contribution >= 4 is 0 Å². The zero-order chi connectivity index (χ0) is 13.3. The summed E-state index contributed by atoms with van der Waals surface area (Å²) in [5.74, 6) is 0. The molecule has 100 valence electrons. The van der Waals surface area contributed by atoms with Crippen LogP contribution in [0.1, 0.15) is 18.1 Å². The number of nitrogens with one attached hydrogen (secondary N) is 1. The average molecular weight is 255 g/mol. The van der Waals surface area contributed by atoms with Crippen LogP contribution >= 0.6 is 0 Å². The van der Waals surface area contributed by atoms with Gasteiger partial charge >= 0.3 is 0 Å². The first kappa shape index (κ1) is 13.8. The van der Waals surface area contributed by atoms with Crippen LogP contribution in [0.15, 0.2) is 60.7 Å². The van der Waals surface area contributed by atoms with Gasteiger partial charge in [-0.2, -0.15) is 5.48 Å². The van der Waals surface area contributed by atoms with E-state index in [1.165, 1.54) is 11.1 Å². The van der Waals surface area contributed by atoms with Crippen LogP contribution in [0.4, 0.5) is 0 Å². The fraction of sp³-hybridized carbons (Fsp3) is 0.294. The van der Waals surface area contributed by atoms with Gasteiger partial charge in [0.1, 0.15) is 0 Å². The molecule has 0 heterocycles. The minimum atomic E-state index is 0.296. The summed E-state index contributed by atoms with van der Waals surface area (Å²) in [6.45, 7) is 2.68. The van der Waals surface area contributed by atoms with Gasteiger partial charge in [-0.15, -0.1) is 0 Å². The normalized spacial score (nSPS) is 10.8. The van der Waals surface area contributed by atoms with Crippen LogP contribution in [0.5, 0.6) is 0 Å². The summed E-state index contributed by atoms with van der Waals surface area (Å²) >= 11 is 0. The second-order valence-electron chi connectivity index (χ2n) is 4.63. The summed E-state index contributed by atoms with van der Waals surface area (Å²) in [5, 5.41) is 0. The predicted molar refractivity (Wildman–Crippen MR) is 78.8 cm³/mol. The van der Waals surface area contributed by atoms with Crippen molar-refractivity contribution in [3.63, 3.8) is 0 Å². The largest absolute Gasteiger partial charge is 0.302 e. The molecule has 0 aliphatic rings. The van der Waals surface area contributed by atoms with Crippen LogP contribution in [-0.4, -0.2) is 12.6 Å². The van der Waals surface area contributed by atoms with Crippen LogP contribution < -0.4 is 5.48 Å². The van der Waals surface area contributed by atoms with Crippen molar-refractivity contribution in [2.75, 3.05) is 6.61 Å². The maximum Gasteiger partial charge on any atom is 0.0654 e. The van der Waals surface area contributed by atoms with Crippen LogP contribution in [-0.2, 0) is 17.7 Å². The Bertz CT molecular complexity index is 414. The Kier molecular flexibility index (Phi) is 5.60. The highest BCUT2D eigenvalue weighted by Gasteiger charge is 2.10. The molecule has 0 unspecified atom stereocenters. The van der Waals surface area contributed by atoms with E-state index in [1.807, 2.05) is 19.1 Å². The molecule has 0 radical (unpaired) electrons. The summed E-state index contributed by atoms with van der Waals surface area (Å²) in [7, 11) is 0. The molecule has 0 amide bonds. The fourth-order valence-corrected chi connectivity index (χ4v) is 2.15. The molecular formula is C17H21NO. The van der Waals surface area contributed by atoms with Gasteiger partial charge in [0, 0.05) is 6.04 Å². The van der Waals surface area contributed by atoms with Gasteiger partial charge in [-0.3, -0.25) is 0 Å². The molecule has 2 nitrogen and oxygen atoms in total. The number of hydrogen-bond donors (Lipinski definition) is 1. The Labute approximate surface area is 115 Å². The Balaban J connectivity index is 1.99. The van der Waals surface area contributed by atoms with Gasteiger partial charge < -0.3 is 4.84 Å². The molecule has 0 fully saturated rings. The summed E-state index contributed by atoms with van der Waals surface area (Å²) in [6.07, 6.45) is 1.94. The first-order chi connectivity index (χ1) is 9.38. The molecule has 0 atom stereocenters. The SMILES string of the molecule is CCONC(Cc1ccccc1)Cc1ccccc1. The van der Waals surface area contributed by atoms with Crippen LogP contribution in [0.2, 0.25) is 0 Å². The highest BCUT2D eigenvalue weighted by atomic mass is 16.6. The minimum absolute atomic E-state index is 0.296. The minimum Gasteiger partial charge on any atom is -0.302 e. The van der Waals surface area contributed by atoms with E-state index in [2.05, 4.69) is 54.0 Å². The summed E-state index contributed by atoms with van der Waals surface area (Å²) < 4.78 is 0. The van der Waals surface area contributed by atoms with E-state index < -0.39 is 0 Å². The lowest BCUT2D eigenvalue weighted by molar-refractivity contribution is 0.0246. The first-order valence-corrected chi connectivity index (χ1v) is 6.83. The van der Waals surface area contributed by atoms with Gasteiger partial charge in [-0.05, 0) is 30.9 Å². The number of hydrogen-bond acceptors (Lipinski definition) is 2. The highest BCUT2D eigenvalue weighted by molar-refractivity contribution is 5.19.